The van der Waals surface area contributed by atoms with E-state index in [1.807, 2.05) is 60.1 Å². The Bertz CT molecular complexity index is 1610. The molecule has 1 fully saturated rings. The number of benzene rings is 3. The van der Waals surface area contributed by atoms with Crippen LogP contribution in [-0.4, -0.2) is 50.1 Å². The zero-order valence-electron chi connectivity index (χ0n) is 26.9. The minimum Gasteiger partial charge on any atom is -0.392 e. The molecule has 0 saturated carbocycles. The Morgan fingerprint density at radius 2 is 1.72 bits per heavy atom. The highest BCUT2D eigenvalue weighted by Gasteiger charge is 2.32. The van der Waals surface area contributed by atoms with Crippen LogP contribution in [0.1, 0.15) is 73.7 Å². The van der Waals surface area contributed by atoms with Crippen LogP contribution in [-0.2, 0) is 39.3 Å². The summed E-state index contributed by atoms with van der Waals surface area (Å²) in [5, 5.41) is 24.4. The first-order valence-electron chi connectivity index (χ1n) is 16.1. The molecule has 3 atom stereocenters. The van der Waals surface area contributed by atoms with Crippen LogP contribution in [0.4, 0.5) is 0 Å². The van der Waals surface area contributed by atoms with Crippen LogP contribution in [0.3, 0.4) is 0 Å². The third kappa shape index (κ3) is 10.2. The molecule has 2 amide bonds. The Morgan fingerprint density at radius 3 is 2.47 bits per heavy atom. The Morgan fingerprint density at radius 1 is 0.936 bits per heavy atom. The number of hydrogen-bond donors (Lipinski definition) is 3. The van der Waals surface area contributed by atoms with Gasteiger partial charge in [0, 0.05) is 51.2 Å². The molecule has 4 aromatic rings. The number of carbonyl (C=O) groups excluding carboxylic acids is 2. The van der Waals surface area contributed by atoms with Crippen LogP contribution in [0, 0.1) is 0 Å². The first-order chi connectivity index (χ1) is 22.9. The van der Waals surface area contributed by atoms with E-state index in [1.165, 1.54) is 6.92 Å². The molecule has 3 N–H and O–H groups in total. The van der Waals surface area contributed by atoms with Crippen molar-refractivity contribution >= 4 is 23.6 Å². The lowest BCUT2D eigenvalue weighted by Gasteiger charge is -2.36. The van der Waals surface area contributed by atoms with E-state index in [4.69, 9.17) is 9.47 Å². The average Bonchev–Trinajstić information content (AvgIpc) is 3.52. The van der Waals surface area contributed by atoms with Crippen molar-refractivity contribution in [2.75, 3.05) is 12.3 Å². The summed E-state index contributed by atoms with van der Waals surface area (Å²) in [6.07, 6.45) is 4.55. The second-order valence-corrected chi connectivity index (χ2v) is 12.8. The summed E-state index contributed by atoms with van der Waals surface area (Å²) in [4.78, 5) is 23.4. The number of aliphatic hydroxyl groups is 1. The Labute approximate surface area is 280 Å². The molecule has 0 unspecified atom stereocenters. The molecule has 0 spiro atoms. The molecule has 1 aliphatic rings. The Balaban J connectivity index is 1.24. The number of rotatable bonds is 15. The molecule has 248 valence electrons. The van der Waals surface area contributed by atoms with Gasteiger partial charge >= 0.3 is 0 Å². The highest BCUT2D eigenvalue weighted by Crippen LogP contribution is 2.40. The lowest BCUT2D eigenvalue weighted by Crippen LogP contribution is -2.31. The maximum Gasteiger partial charge on any atom is 0.220 e. The van der Waals surface area contributed by atoms with Gasteiger partial charge in [-0.25, -0.2) is 0 Å². The number of hydrogen-bond acceptors (Lipinski definition) is 8. The van der Waals surface area contributed by atoms with Crippen molar-refractivity contribution < 1.29 is 24.2 Å². The molecule has 47 heavy (non-hydrogen) atoms. The van der Waals surface area contributed by atoms with Crippen LogP contribution in [0.15, 0.2) is 84.3 Å². The zero-order valence-corrected chi connectivity index (χ0v) is 27.7. The number of unbranched alkanes of at least 4 members (excludes halogenated alkanes) is 2. The predicted octanol–water partition coefficient (Wildman–Crippen LogP) is 5.62. The van der Waals surface area contributed by atoms with Gasteiger partial charge in [-0.05, 0) is 52.8 Å². The monoisotopic (exact) mass is 657 g/mol. The maximum atomic E-state index is 12.4. The smallest absolute Gasteiger partial charge is 0.220 e. The number of aromatic nitrogens is 3. The van der Waals surface area contributed by atoms with Crippen molar-refractivity contribution in [1.29, 1.82) is 0 Å². The van der Waals surface area contributed by atoms with Gasteiger partial charge in [-0.3, -0.25) is 9.59 Å². The number of nitrogens with zero attached hydrogens (tertiary/aromatic N) is 3. The fourth-order valence-electron chi connectivity index (χ4n) is 5.46. The first-order valence-corrected chi connectivity index (χ1v) is 17.0. The van der Waals surface area contributed by atoms with E-state index >= 15 is 0 Å². The predicted molar refractivity (Wildman–Crippen MR) is 181 cm³/mol. The van der Waals surface area contributed by atoms with E-state index in [9.17, 15) is 14.7 Å². The summed E-state index contributed by atoms with van der Waals surface area (Å²) in [5.41, 5.74) is 5.91. The van der Waals surface area contributed by atoms with Crippen molar-refractivity contribution in [2.24, 2.45) is 7.05 Å². The van der Waals surface area contributed by atoms with Gasteiger partial charge in [0.2, 0.25) is 11.8 Å². The van der Waals surface area contributed by atoms with Gasteiger partial charge in [0.05, 0.1) is 18.8 Å². The van der Waals surface area contributed by atoms with Crippen molar-refractivity contribution in [1.82, 2.24) is 25.4 Å². The van der Waals surface area contributed by atoms with E-state index in [0.29, 0.717) is 31.7 Å². The maximum absolute atomic E-state index is 12.4. The number of amides is 2. The number of ether oxygens (including phenoxy) is 2. The molecule has 0 aliphatic carbocycles. The molecule has 0 radical (unpaired) electrons. The minimum absolute atomic E-state index is 0.00298. The van der Waals surface area contributed by atoms with Crippen LogP contribution >= 0.6 is 11.8 Å². The van der Waals surface area contributed by atoms with Gasteiger partial charge < -0.3 is 29.8 Å². The van der Waals surface area contributed by atoms with Crippen molar-refractivity contribution in [3.63, 3.8) is 0 Å². The number of carbonyl (C=O) groups is 2. The van der Waals surface area contributed by atoms with Gasteiger partial charge in [-0.2, -0.15) is 0 Å². The largest absolute Gasteiger partial charge is 0.392 e. The summed E-state index contributed by atoms with van der Waals surface area (Å²) in [5.74, 6) is 0.694. The van der Waals surface area contributed by atoms with Crippen LogP contribution in [0.25, 0.3) is 11.1 Å². The molecule has 10 nitrogen and oxygen atoms in total. The van der Waals surface area contributed by atoms with Gasteiger partial charge in [0.25, 0.3) is 0 Å². The molecule has 2 heterocycles. The first kappa shape index (κ1) is 34.3. The molecule has 1 saturated heterocycles. The van der Waals surface area contributed by atoms with Gasteiger partial charge in [-0.1, -0.05) is 78.8 Å². The van der Waals surface area contributed by atoms with Crippen molar-refractivity contribution in [3.8, 4) is 11.1 Å². The summed E-state index contributed by atoms with van der Waals surface area (Å²) < 4.78 is 15.0. The molecule has 3 aromatic carbocycles. The summed E-state index contributed by atoms with van der Waals surface area (Å²) >= 11 is 1.61. The minimum atomic E-state index is -0.572. The van der Waals surface area contributed by atoms with Crippen molar-refractivity contribution in [2.45, 2.75) is 75.8 Å². The Kier molecular flexibility index (Phi) is 12.6. The van der Waals surface area contributed by atoms with Crippen LogP contribution in [0.5, 0.6) is 0 Å². The molecular formula is C36H43N5O5S. The standard InChI is InChI=1S/C36H43N5O5S/c1-25(43)37-17-5-3-4-12-34(44)38-21-27-8-6-9-29(18-27)30-10-7-11-31(19-30)35-45-32(23-47-36-40-39-24-41(36)2)20-33(46-35)28-15-13-26(22-42)14-16-28/h6-11,13-16,18-19,24,32-33,35,42H,3-5,12,17,20-23H2,1-2H3,(H,37,43)(H,38,44)/t32-,33+,35+/m0/s1. The summed E-state index contributed by atoms with van der Waals surface area (Å²) in [7, 11) is 1.93. The number of nitrogens with one attached hydrogen (secondary N) is 2. The molecule has 1 aliphatic heterocycles. The normalized spacial score (nSPS) is 17.7. The van der Waals surface area contributed by atoms with Crippen LogP contribution < -0.4 is 10.6 Å². The fraction of sp³-hybridized carbons (Fsp3) is 0.389. The molecular weight excluding hydrogens is 614 g/mol. The van der Waals surface area contributed by atoms with Gasteiger partial charge in [-0.15, -0.1) is 10.2 Å². The molecule has 0 bridgehead atoms. The second kappa shape index (κ2) is 17.2. The van der Waals surface area contributed by atoms with Crippen LogP contribution in [0.2, 0.25) is 0 Å². The Hall–Kier alpha value is -4.03. The van der Waals surface area contributed by atoms with E-state index in [0.717, 1.165) is 57.8 Å². The SMILES string of the molecule is CC(=O)NCCCCCC(=O)NCc1cccc(-c2cccc([C@@H]3O[C@H](CSc4nncn4C)C[C@H](c4ccc(CO)cc4)O3)c2)c1. The number of aliphatic hydroxyl groups excluding tert-OH is 1. The van der Waals surface area contributed by atoms with Gasteiger partial charge in [0.1, 0.15) is 6.33 Å². The third-order valence-electron chi connectivity index (χ3n) is 8.05. The van der Waals surface area contributed by atoms with E-state index in [2.05, 4.69) is 45.1 Å². The lowest BCUT2D eigenvalue weighted by atomic mass is 9.99. The van der Waals surface area contributed by atoms with Crippen molar-refractivity contribution in [3.05, 3.63) is 101 Å². The topological polar surface area (TPSA) is 128 Å². The third-order valence-corrected chi connectivity index (χ3v) is 9.21. The van der Waals surface area contributed by atoms with E-state index in [1.54, 1.807) is 18.1 Å². The highest BCUT2D eigenvalue weighted by atomic mass is 32.2. The molecule has 11 heteroatoms. The second-order valence-electron chi connectivity index (χ2n) is 11.8. The quantitative estimate of drug-likeness (QED) is 0.111. The van der Waals surface area contributed by atoms with Gasteiger partial charge in [0.15, 0.2) is 11.4 Å². The zero-order chi connectivity index (χ0) is 33.0. The lowest BCUT2D eigenvalue weighted by molar-refractivity contribution is -0.245. The summed E-state index contributed by atoms with van der Waals surface area (Å²) in [6.45, 7) is 2.60. The average molecular weight is 658 g/mol. The fourth-order valence-corrected chi connectivity index (χ4v) is 6.37. The van der Waals surface area contributed by atoms with E-state index < -0.39 is 6.29 Å². The summed E-state index contributed by atoms with van der Waals surface area (Å²) in [6, 6.07) is 24.3. The number of aryl methyl sites for hydroxylation is 1. The molecule has 1 aromatic heterocycles. The number of thioether (sulfide) groups is 1. The molecule has 5 rings (SSSR count). The highest BCUT2D eigenvalue weighted by molar-refractivity contribution is 7.99. The van der Waals surface area contributed by atoms with E-state index in [-0.39, 0.29) is 30.6 Å².